The van der Waals surface area contributed by atoms with Crippen molar-refractivity contribution in [3.63, 3.8) is 0 Å². The van der Waals surface area contributed by atoms with Gasteiger partial charge in [-0.15, -0.1) is 0 Å². The van der Waals surface area contributed by atoms with Crippen molar-refractivity contribution >= 4 is 31.5 Å². The Morgan fingerprint density at radius 3 is 2.25 bits per heavy atom. The van der Waals surface area contributed by atoms with Crippen LogP contribution in [0.25, 0.3) is 0 Å². The molecule has 0 aliphatic carbocycles. The second kappa shape index (κ2) is 11.0. The molecule has 0 aliphatic rings. The van der Waals surface area contributed by atoms with E-state index in [0.717, 1.165) is 5.56 Å². The van der Waals surface area contributed by atoms with Crippen molar-refractivity contribution in [1.82, 2.24) is 5.32 Å². The van der Waals surface area contributed by atoms with Gasteiger partial charge in [0.2, 0.25) is 0 Å². The SMILES string of the molecule is CC(C)[C@@H](O)CN[C@H](c1ccc(Cl)c(F)c1)[C@@H](O[Si](C)(C)C(C)(C)C)c1cccc(Cl)c1. The Balaban J connectivity index is 2.59. The van der Waals surface area contributed by atoms with E-state index in [1.54, 1.807) is 12.1 Å². The highest BCUT2D eigenvalue weighted by atomic mass is 35.5. The summed E-state index contributed by atoms with van der Waals surface area (Å²) in [4.78, 5) is 0. The molecule has 0 aliphatic heterocycles. The predicted molar refractivity (Wildman–Crippen MR) is 135 cm³/mol. The number of aliphatic hydroxyl groups is 1. The van der Waals surface area contributed by atoms with Gasteiger partial charge in [-0.25, -0.2) is 4.39 Å². The Bertz CT molecular complexity index is 902. The summed E-state index contributed by atoms with van der Waals surface area (Å²) >= 11 is 12.3. The van der Waals surface area contributed by atoms with Crippen LogP contribution >= 0.6 is 23.2 Å². The van der Waals surface area contributed by atoms with Crippen molar-refractivity contribution < 1.29 is 13.9 Å². The standard InChI is InChI=1S/C25H36Cl2FNO2Si/c1-16(2)22(30)15-29-23(17-11-12-20(27)21(28)14-17)24(18-9-8-10-19(26)13-18)31-32(6,7)25(3,4)5/h8-14,16,22-24,29-30H,15H2,1-7H3/t22-,23+,24-/m0/s1. The zero-order chi connectivity index (χ0) is 24.3. The minimum atomic E-state index is -2.23. The number of hydrogen-bond donors (Lipinski definition) is 2. The molecule has 0 amide bonds. The molecule has 0 unspecified atom stereocenters. The van der Waals surface area contributed by atoms with Crippen molar-refractivity contribution in [2.45, 2.75) is 71.0 Å². The molecule has 2 N–H and O–H groups in total. The lowest BCUT2D eigenvalue weighted by molar-refractivity contribution is 0.0954. The Hall–Kier alpha value is -0.953. The van der Waals surface area contributed by atoms with E-state index in [0.29, 0.717) is 17.1 Å². The third kappa shape index (κ3) is 7.02. The fourth-order valence-corrected chi connectivity index (χ4v) is 4.67. The molecule has 2 aromatic carbocycles. The van der Waals surface area contributed by atoms with Gasteiger partial charge in [0.05, 0.1) is 23.3 Å². The molecule has 0 heterocycles. The normalized spacial score (nSPS) is 15.6. The number of halogens is 3. The first-order valence-corrected chi connectivity index (χ1v) is 14.7. The van der Waals surface area contributed by atoms with Crippen LogP contribution in [0.5, 0.6) is 0 Å². The van der Waals surface area contributed by atoms with Crippen LogP contribution in [-0.2, 0) is 4.43 Å². The predicted octanol–water partition coefficient (Wildman–Crippen LogP) is 7.54. The van der Waals surface area contributed by atoms with Crippen molar-refractivity contribution in [3.8, 4) is 0 Å². The lowest BCUT2D eigenvalue weighted by Gasteiger charge is -2.42. The Labute approximate surface area is 203 Å². The zero-order valence-electron chi connectivity index (χ0n) is 20.0. The fourth-order valence-electron chi connectivity index (χ4n) is 3.10. The summed E-state index contributed by atoms with van der Waals surface area (Å²) in [5, 5.41) is 14.6. The summed E-state index contributed by atoms with van der Waals surface area (Å²) in [6.45, 7) is 15.2. The summed E-state index contributed by atoms with van der Waals surface area (Å²) in [6, 6.07) is 12.0. The van der Waals surface area contributed by atoms with Crippen molar-refractivity contribution in [2.24, 2.45) is 5.92 Å². The number of rotatable bonds is 9. The van der Waals surface area contributed by atoms with E-state index >= 15 is 0 Å². The molecule has 3 atom stereocenters. The largest absolute Gasteiger partial charge is 0.408 e. The average molecular weight is 501 g/mol. The summed E-state index contributed by atoms with van der Waals surface area (Å²) in [6.07, 6.45) is -0.989. The molecule has 0 fully saturated rings. The molecule has 32 heavy (non-hydrogen) atoms. The van der Waals surface area contributed by atoms with Crippen LogP contribution in [0.3, 0.4) is 0 Å². The van der Waals surface area contributed by atoms with Gasteiger partial charge in [0.25, 0.3) is 0 Å². The third-order valence-corrected chi connectivity index (χ3v) is 11.3. The molecule has 0 bridgehead atoms. The van der Waals surface area contributed by atoms with Crippen molar-refractivity contribution in [3.05, 3.63) is 69.5 Å². The van der Waals surface area contributed by atoms with Crippen LogP contribution in [0.1, 0.15) is 57.9 Å². The second-order valence-corrected chi connectivity index (χ2v) is 15.8. The van der Waals surface area contributed by atoms with Gasteiger partial charge in [-0.05, 0) is 59.4 Å². The zero-order valence-corrected chi connectivity index (χ0v) is 22.6. The topological polar surface area (TPSA) is 41.5 Å². The lowest BCUT2D eigenvalue weighted by atomic mass is 9.95. The molecule has 7 heteroatoms. The summed E-state index contributed by atoms with van der Waals surface area (Å²) in [5.41, 5.74) is 1.60. The van der Waals surface area contributed by atoms with Crippen LogP contribution in [0.4, 0.5) is 4.39 Å². The maximum absolute atomic E-state index is 14.5. The van der Waals surface area contributed by atoms with E-state index in [1.807, 2.05) is 38.1 Å². The van der Waals surface area contributed by atoms with E-state index in [1.165, 1.54) is 6.07 Å². The molecule has 0 aromatic heterocycles. The molecule has 0 spiro atoms. The Kier molecular flexibility index (Phi) is 9.37. The van der Waals surface area contributed by atoms with Gasteiger partial charge in [0.15, 0.2) is 8.32 Å². The van der Waals surface area contributed by atoms with Gasteiger partial charge in [0.1, 0.15) is 5.82 Å². The fraction of sp³-hybridized carbons (Fsp3) is 0.520. The van der Waals surface area contributed by atoms with Crippen LogP contribution in [0.2, 0.25) is 28.2 Å². The monoisotopic (exact) mass is 499 g/mol. The first-order valence-electron chi connectivity index (χ1n) is 11.0. The second-order valence-electron chi connectivity index (χ2n) is 10.2. The number of nitrogens with one attached hydrogen (secondary N) is 1. The van der Waals surface area contributed by atoms with Crippen molar-refractivity contribution in [1.29, 1.82) is 0 Å². The number of aliphatic hydroxyl groups excluding tert-OH is 1. The summed E-state index contributed by atoms with van der Waals surface area (Å²) in [5.74, 6) is -0.409. The third-order valence-electron chi connectivity index (χ3n) is 6.33. The molecule has 2 aromatic rings. The van der Waals surface area contributed by atoms with Crippen LogP contribution in [0.15, 0.2) is 42.5 Å². The van der Waals surface area contributed by atoms with Crippen LogP contribution in [0, 0.1) is 11.7 Å². The van der Waals surface area contributed by atoms with E-state index in [9.17, 15) is 9.50 Å². The van der Waals surface area contributed by atoms with E-state index in [2.05, 4.69) is 39.2 Å². The van der Waals surface area contributed by atoms with Gasteiger partial charge in [-0.2, -0.15) is 0 Å². The highest BCUT2D eigenvalue weighted by molar-refractivity contribution is 6.74. The molecule has 178 valence electrons. The maximum Gasteiger partial charge on any atom is 0.193 e. The maximum atomic E-state index is 14.5. The van der Waals surface area contributed by atoms with E-state index < -0.39 is 32.4 Å². The van der Waals surface area contributed by atoms with Crippen molar-refractivity contribution in [2.75, 3.05) is 6.54 Å². The highest BCUT2D eigenvalue weighted by Gasteiger charge is 2.41. The van der Waals surface area contributed by atoms with E-state index in [4.69, 9.17) is 27.6 Å². The van der Waals surface area contributed by atoms with Gasteiger partial charge in [0, 0.05) is 11.6 Å². The van der Waals surface area contributed by atoms with Gasteiger partial charge in [-0.1, -0.05) is 76.0 Å². The number of hydrogen-bond acceptors (Lipinski definition) is 3. The quantitative estimate of drug-likeness (QED) is 0.350. The minimum Gasteiger partial charge on any atom is -0.408 e. The summed E-state index contributed by atoms with van der Waals surface area (Å²) < 4.78 is 21.4. The molecule has 2 rings (SSSR count). The van der Waals surface area contributed by atoms with Gasteiger partial charge in [-0.3, -0.25) is 0 Å². The van der Waals surface area contributed by atoms with Crippen LogP contribution in [-0.4, -0.2) is 26.1 Å². The lowest BCUT2D eigenvalue weighted by Crippen LogP contribution is -2.45. The molecular weight excluding hydrogens is 464 g/mol. The smallest absolute Gasteiger partial charge is 0.193 e. The first-order chi connectivity index (χ1) is 14.7. The number of benzene rings is 2. The minimum absolute atomic E-state index is 0.0307. The summed E-state index contributed by atoms with van der Waals surface area (Å²) in [7, 11) is -2.23. The van der Waals surface area contributed by atoms with Crippen LogP contribution < -0.4 is 5.32 Å². The Morgan fingerprint density at radius 2 is 1.72 bits per heavy atom. The Morgan fingerprint density at radius 1 is 1.06 bits per heavy atom. The van der Waals surface area contributed by atoms with E-state index in [-0.39, 0.29) is 16.0 Å². The molecular formula is C25H36Cl2FNO2Si. The molecule has 0 saturated heterocycles. The first kappa shape index (κ1) is 27.3. The van der Waals surface area contributed by atoms with Gasteiger partial charge < -0.3 is 14.8 Å². The highest BCUT2D eigenvalue weighted by Crippen LogP contribution is 2.44. The molecule has 3 nitrogen and oxygen atoms in total. The molecule has 0 saturated carbocycles. The average Bonchev–Trinajstić information content (AvgIpc) is 2.68. The van der Waals surface area contributed by atoms with Gasteiger partial charge >= 0.3 is 0 Å². The molecule has 0 radical (unpaired) electrons.